The number of hydrogen-bond acceptors (Lipinski definition) is 4. The summed E-state index contributed by atoms with van der Waals surface area (Å²) >= 11 is 0. The second-order valence-corrected chi connectivity index (χ2v) is 5.78. The van der Waals surface area contributed by atoms with Crippen LogP contribution in [0.4, 0.5) is 4.39 Å². The summed E-state index contributed by atoms with van der Waals surface area (Å²) in [4.78, 5) is 20.7. The molecule has 2 aromatic rings. The van der Waals surface area contributed by atoms with Gasteiger partial charge in [-0.2, -0.15) is 0 Å². The van der Waals surface area contributed by atoms with Crippen LogP contribution in [0.3, 0.4) is 0 Å². The molecule has 5 nitrogen and oxygen atoms in total. The number of aromatic nitrogens is 1. The third-order valence-electron chi connectivity index (χ3n) is 4.16. The Hall–Kier alpha value is -2.47. The zero-order chi connectivity index (χ0) is 16.9. The van der Waals surface area contributed by atoms with Gasteiger partial charge in [-0.3, -0.25) is 9.69 Å². The van der Waals surface area contributed by atoms with Gasteiger partial charge < -0.3 is 9.64 Å². The van der Waals surface area contributed by atoms with E-state index in [1.165, 1.54) is 24.3 Å². The fourth-order valence-electron chi connectivity index (χ4n) is 2.77. The number of amides is 1. The quantitative estimate of drug-likeness (QED) is 0.863. The van der Waals surface area contributed by atoms with Crippen LogP contribution in [0.2, 0.25) is 0 Å². The smallest absolute Gasteiger partial charge is 0.253 e. The van der Waals surface area contributed by atoms with Crippen molar-refractivity contribution < 1.29 is 13.9 Å². The lowest BCUT2D eigenvalue weighted by molar-refractivity contribution is 0.0628. The SMILES string of the molecule is COc1ccc(CN2CCN(C(=O)c3ccc(F)cc3)CC2)cn1. The highest BCUT2D eigenvalue weighted by atomic mass is 19.1. The summed E-state index contributed by atoms with van der Waals surface area (Å²) in [5, 5.41) is 0. The van der Waals surface area contributed by atoms with Crippen molar-refractivity contribution in [2.45, 2.75) is 6.54 Å². The molecule has 0 N–H and O–H groups in total. The Morgan fingerprint density at radius 3 is 2.42 bits per heavy atom. The van der Waals surface area contributed by atoms with Crippen molar-refractivity contribution in [3.05, 3.63) is 59.5 Å². The first-order valence-corrected chi connectivity index (χ1v) is 7.92. The second kappa shape index (κ2) is 7.40. The highest BCUT2D eigenvalue weighted by molar-refractivity contribution is 5.94. The lowest BCUT2D eigenvalue weighted by Gasteiger charge is -2.34. The number of nitrogens with zero attached hydrogens (tertiary/aromatic N) is 3. The number of hydrogen-bond donors (Lipinski definition) is 0. The van der Waals surface area contributed by atoms with Gasteiger partial charge in [-0.25, -0.2) is 9.37 Å². The topological polar surface area (TPSA) is 45.7 Å². The van der Waals surface area contributed by atoms with Crippen LogP contribution in [0.1, 0.15) is 15.9 Å². The molecule has 0 aliphatic carbocycles. The first kappa shape index (κ1) is 16.4. The molecule has 0 radical (unpaired) electrons. The molecule has 24 heavy (non-hydrogen) atoms. The van der Waals surface area contributed by atoms with Gasteiger partial charge in [0.25, 0.3) is 5.91 Å². The van der Waals surface area contributed by atoms with Crippen molar-refractivity contribution in [1.29, 1.82) is 0 Å². The molecule has 1 aromatic heterocycles. The first-order chi connectivity index (χ1) is 11.7. The van der Waals surface area contributed by atoms with Gasteiger partial charge in [-0.15, -0.1) is 0 Å². The van der Waals surface area contributed by atoms with Gasteiger partial charge in [0.2, 0.25) is 5.88 Å². The molecule has 1 amide bonds. The number of rotatable bonds is 4. The van der Waals surface area contributed by atoms with Crippen molar-refractivity contribution in [2.24, 2.45) is 0 Å². The molecule has 0 unspecified atom stereocenters. The van der Waals surface area contributed by atoms with Crippen molar-refractivity contribution >= 4 is 5.91 Å². The van der Waals surface area contributed by atoms with Gasteiger partial charge in [-0.1, -0.05) is 6.07 Å². The average Bonchev–Trinajstić information content (AvgIpc) is 2.63. The number of carbonyl (C=O) groups excluding carboxylic acids is 1. The Kier molecular flexibility index (Phi) is 5.05. The highest BCUT2D eigenvalue weighted by Crippen LogP contribution is 2.13. The third-order valence-corrected chi connectivity index (χ3v) is 4.16. The van der Waals surface area contributed by atoms with Gasteiger partial charge in [0.15, 0.2) is 0 Å². The summed E-state index contributed by atoms with van der Waals surface area (Å²) in [5.74, 6) is 0.235. The van der Waals surface area contributed by atoms with E-state index >= 15 is 0 Å². The molecule has 1 fully saturated rings. The Morgan fingerprint density at radius 2 is 1.83 bits per heavy atom. The summed E-state index contributed by atoms with van der Waals surface area (Å²) in [6.45, 7) is 3.74. The minimum atomic E-state index is -0.329. The van der Waals surface area contributed by atoms with Crippen LogP contribution in [0.15, 0.2) is 42.6 Å². The molecular formula is C18H20FN3O2. The van der Waals surface area contributed by atoms with E-state index in [1.54, 1.807) is 7.11 Å². The van der Waals surface area contributed by atoms with Crippen LogP contribution in [0.25, 0.3) is 0 Å². The molecule has 0 bridgehead atoms. The van der Waals surface area contributed by atoms with Crippen LogP contribution >= 0.6 is 0 Å². The number of carbonyl (C=O) groups is 1. The summed E-state index contributed by atoms with van der Waals surface area (Å²) in [7, 11) is 1.60. The molecule has 126 valence electrons. The highest BCUT2D eigenvalue weighted by Gasteiger charge is 2.22. The van der Waals surface area contributed by atoms with Crippen LogP contribution in [0, 0.1) is 5.82 Å². The molecule has 0 saturated carbocycles. The predicted octanol–water partition coefficient (Wildman–Crippen LogP) is 2.19. The van der Waals surface area contributed by atoms with E-state index < -0.39 is 0 Å². The minimum absolute atomic E-state index is 0.0410. The zero-order valence-corrected chi connectivity index (χ0v) is 13.6. The Balaban J connectivity index is 1.53. The van der Waals surface area contributed by atoms with Gasteiger partial charge in [0.1, 0.15) is 5.82 Å². The molecule has 1 saturated heterocycles. The minimum Gasteiger partial charge on any atom is -0.481 e. The second-order valence-electron chi connectivity index (χ2n) is 5.78. The fraction of sp³-hybridized carbons (Fsp3) is 0.333. The monoisotopic (exact) mass is 329 g/mol. The Morgan fingerprint density at radius 1 is 1.12 bits per heavy atom. The summed E-state index contributed by atoms with van der Waals surface area (Å²) in [5.41, 5.74) is 1.65. The normalized spacial score (nSPS) is 15.3. The van der Waals surface area contributed by atoms with Crippen molar-refractivity contribution in [3.8, 4) is 5.88 Å². The molecule has 2 heterocycles. The maximum atomic E-state index is 13.0. The standard InChI is InChI=1S/C18H20FN3O2/c1-24-17-7-2-14(12-20-17)13-21-8-10-22(11-9-21)18(23)15-3-5-16(19)6-4-15/h2-7,12H,8-11,13H2,1H3. The van der Waals surface area contributed by atoms with E-state index in [0.29, 0.717) is 24.5 Å². The zero-order valence-electron chi connectivity index (χ0n) is 13.6. The van der Waals surface area contributed by atoms with E-state index in [2.05, 4.69) is 9.88 Å². The average molecular weight is 329 g/mol. The summed E-state index contributed by atoms with van der Waals surface area (Å²) < 4.78 is 18.0. The number of methoxy groups -OCH3 is 1. The summed E-state index contributed by atoms with van der Waals surface area (Å²) in [6, 6.07) is 9.56. The van der Waals surface area contributed by atoms with E-state index in [4.69, 9.17) is 4.74 Å². The van der Waals surface area contributed by atoms with Crippen LogP contribution < -0.4 is 4.74 Å². The number of pyridine rings is 1. The van der Waals surface area contributed by atoms with Crippen LogP contribution in [-0.2, 0) is 6.54 Å². The van der Waals surface area contributed by atoms with E-state index in [9.17, 15) is 9.18 Å². The van der Waals surface area contributed by atoms with Gasteiger partial charge >= 0.3 is 0 Å². The Labute approximate surface area is 140 Å². The molecule has 1 aliphatic rings. The summed E-state index contributed by atoms with van der Waals surface area (Å²) in [6.07, 6.45) is 1.81. The Bertz CT molecular complexity index is 680. The number of piperazine rings is 1. The van der Waals surface area contributed by atoms with E-state index in [0.717, 1.165) is 25.2 Å². The van der Waals surface area contributed by atoms with Crippen LogP contribution in [-0.4, -0.2) is 54.0 Å². The van der Waals surface area contributed by atoms with Gasteiger partial charge in [0.05, 0.1) is 7.11 Å². The van der Waals surface area contributed by atoms with Crippen LogP contribution in [0.5, 0.6) is 5.88 Å². The largest absolute Gasteiger partial charge is 0.481 e. The van der Waals surface area contributed by atoms with Gasteiger partial charge in [0, 0.05) is 50.6 Å². The lowest BCUT2D eigenvalue weighted by atomic mass is 10.1. The maximum absolute atomic E-state index is 13.0. The van der Waals surface area contributed by atoms with Crippen molar-refractivity contribution in [3.63, 3.8) is 0 Å². The number of ether oxygens (including phenoxy) is 1. The third kappa shape index (κ3) is 3.89. The fourth-order valence-corrected chi connectivity index (χ4v) is 2.77. The predicted molar refractivity (Wildman–Crippen MR) is 88.4 cm³/mol. The van der Waals surface area contributed by atoms with Crippen molar-refractivity contribution in [2.75, 3.05) is 33.3 Å². The van der Waals surface area contributed by atoms with Gasteiger partial charge in [-0.05, 0) is 29.8 Å². The lowest BCUT2D eigenvalue weighted by Crippen LogP contribution is -2.48. The maximum Gasteiger partial charge on any atom is 0.253 e. The molecule has 1 aromatic carbocycles. The molecule has 0 atom stereocenters. The van der Waals surface area contributed by atoms with Crippen molar-refractivity contribution in [1.82, 2.24) is 14.8 Å². The first-order valence-electron chi connectivity index (χ1n) is 7.92. The van der Waals surface area contributed by atoms with E-state index in [-0.39, 0.29) is 11.7 Å². The molecule has 6 heteroatoms. The van der Waals surface area contributed by atoms with E-state index in [1.807, 2.05) is 23.2 Å². The number of benzene rings is 1. The molecule has 1 aliphatic heterocycles. The number of halogens is 1. The molecule has 0 spiro atoms. The molecule has 3 rings (SSSR count). The molecular weight excluding hydrogens is 309 g/mol.